The predicted octanol–water partition coefficient (Wildman–Crippen LogP) is 4.17. The molecule has 5 rings (SSSR count). The average molecular weight is 435 g/mol. The number of thiophene rings is 1. The molecule has 6 heteroatoms. The van der Waals surface area contributed by atoms with E-state index in [4.69, 9.17) is 4.74 Å². The second-order valence-corrected chi connectivity index (χ2v) is 9.25. The second-order valence-electron chi connectivity index (χ2n) is 8.30. The molecule has 1 saturated heterocycles. The molecular weight excluding hydrogens is 408 g/mol. The quantitative estimate of drug-likeness (QED) is 0.477. The zero-order valence-electron chi connectivity index (χ0n) is 17.3. The van der Waals surface area contributed by atoms with Crippen LogP contribution < -0.4 is 4.74 Å². The van der Waals surface area contributed by atoms with Crippen LogP contribution in [0, 0.1) is 0 Å². The summed E-state index contributed by atoms with van der Waals surface area (Å²) in [5.74, 6) is 0.814. The highest BCUT2D eigenvalue weighted by Crippen LogP contribution is 2.34. The molecule has 0 bridgehead atoms. The maximum absolute atomic E-state index is 11.2. The molecule has 1 fully saturated rings. The number of β-amino-alcohol motifs (C(OH)–C–C–N with tert-alkyl or cyclic N) is 1. The van der Waals surface area contributed by atoms with Crippen LogP contribution in [0.2, 0.25) is 0 Å². The van der Waals surface area contributed by atoms with Crippen molar-refractivity contribution in [3.8, 4) is 5.75 Å². The average Bonchev–Trinajstić information content (AvgIpc) is 3.28. The van der Waals surface area contributed by atoms with Crippen LogP contribution in [-0.4, -0.2) is 52.4 Å². The lowest BCUT2D eigenvalue weighted by atomic mass is 9.84. The Labute approximate surface area is 185 Å². The van der Waals surface area contributed by atoms with E-state index in [0.29, 0.717) is 19.4 Å². The molecule has 1 atom stereocenters. The van der Waals surface area contributed by atoms with Crippen LogP contribution in [0.1, 0.15) is 18.4 Å². The summed E-state index contributed by atoms with van der Waals surface area (Å²) < 4.78 is 7.09. The number of ether oxygens (including phenoxy) is 1. The van der Waals surface area contributed by atoms with Crippen molar-refractivity contribution in [3.05, 3.63) is 71.7 Å². The first-order chi connectivity index (χ1) is 15.1. The van der Waals surface area contributed by atoms with Crippen LogP contribution in [0.25, 0.3) is 21.0 Å². The highest BCUT2D eigenvalue weighted by atomic mass is 32.1. The van der Waals surface area contributed by atoms with Crippen LogP contribution in [-0.2, 0) is 5.60 Å². The van der Waals surface area contributed by atoms with Gasteiger partial charge in [0.2, 0.25) is 0 Å². The molecule has 3 heterocycles. The van der Waals surface area contributed by atoms with Crippen molar-refractivity contribution in [2.45, 2.75) is 24.5 Å². The summed E-state index contributed by atoms with van der Waals surface area (Å²) in [7, 11) is 0. The van der Waals surface area contributed by atoms with E-state index in [9.17, 15) is 10.2 Å². The maximum Gasteiger partial charge on any atom is 0.128 e. The second kappa shape index (κ2) is 8.55. The van der Waals surface area contributed by atoms with Gasteiger partial charge in [0.05, 0.1) is 11.1 Å². The van der Waals surface area contributed by atoms with Gasteiger partial charge in [-0.15, -0.1) is 11.3 Å². The third-order valence-corrected chi connectivity index (χ3v) is 7.05. The number of aliphatic hydroxyl groups is 2. The van der Waals surface area contributed by atoms with E-state index < -0.39 is 11.7 Å². The number of aliphatic hydroxyl groups excluding tert-OH is 1. The zero-order valence-corrected chi connectivity index (χ0v) is 18.1. The number of nitrogens with zero attached hydrogens (tertiary/aromatic N) is 2. The minimum Gasteiger partial charge on any atom is -0.490 e. The number of para-hydroxylation sites is 1. The van der Waals surface area contributed by atoms with Crippen molar-refractivity contribution in [2.24, 2.45) is 0 Å². The molecule has 4 aromatic rings. The predicted molar refractivity (Wildman–Crippen MR) is 125 cm³/mol. The Balaban J connectivity index is 1.17. The first-order valence-corrected chi connectivity index (χ1v) is 11.6. The normalized spacial score (nSPS) is 17.7. The number of hydrogen-bond donors (Lipinski definition) is 2. The number of rotatable bonds is 6. The first-order valence-electron chi connectivity index (χ1n) is 10.7. The van der Waals surface area contributed by atoms with Gasteiger partial charge in [0.15, 0.2) is 0 Å². The van der Waals surface area contributed by atoms with Gasteiger partial charge in [-0.3, -0.25) is 4.98 Å². The molecule has 0 radical (unpaired) electrons. The van der Waals surface area contributed by atoms with E-state index in [0.717, 1.165) is 40.7 Å². The lowest BCUT2D eigenvalue weighted by Gasteiger charge is -2.39. The Morgan fingerprint density at radius 3 is 2.81 bits per heavy atom. The fourth-order valence-corrected chi connectivity index (χ4v) is 5.15. The molecule has 2 aromatic heterocycles. The maximum atomic E-state index is 11.2. The van der Waals surface area contributed by atoms with E-state index in [1.54, 1.807) is 17.5 Å². The number of pyridine rings is 1. The van der Waals surface area contributed by atoms with Gasteiger partial charge >= 0.3 is 0 Å². The summed E-state index contributed by atoms with van der Waals surface area (Å²) in [6, 6.07) is 18.1. The molecular formula is C25H26N2O3S. The number of benzene rings is 2. The van der Waals surface area contributed by atoms with Crippen LogP contribution >= 0.6 is 11.3 Å². The minimum absolute atomic E-state index is 0.254. The molecule has 1 aliphatic heterocycles. The smallest absolute Gasteiger partial charge is 0.128 e. The fraction of sp³-hybridized carbons (Fsp3) is 0.320. The molecule has 0 spiro atoms. The Morgan fingerprint density at radius 1 is 1.10 bits per heavy atom. The van der Waals surface area contributed by atoms with Gasteiger partial charge in [-0.2, -0.15) is 0 Å². The molecule has 0 amide bonds. The number of likely N-dealkylation sites (tertiary alicyclic amines) is 1. The van der Waals surface area contributed by atoms with E-state index >= 15 is 0 Å². The van der Waals surface area contributed by atoms with Gasteiger partial charge in [-0.25, -0.2) is 0 Å². The minimum atomic E-state index is -0.871. The van der Waals surface area contributed by atoms with Gasteiger partial charge in [0, 0.05) is 46.9 Å². The van der Waals surface area contributed by atoms with Crippen molar-refractivity contribution in [2.75, 3.05) is 26.2 Å². The van der Waals surface area contributed by atoms with E-state index in [2.05, 4.69) is 22.0 Å². The number of hydrogen-bond acceptors (Lipinski definition) is 6. The van der Waals surface area contributed by atoms with E-state index in [1.807, 2.05) is 47.8 Å². The van der Waals surface area contributed by atoms with Gasteiger partial charge in [-0.1, -0.05) is 24.3 Å². The van der Waals surface area contributed by atoms with Crippen molar-refractivity contribution in [1.29, 1.82) is 0 Å². The van der Waals surface area contributed by atoms with Crippen LogP contribution in [0.3, 0.4) is 0 Å². The lowest BCUT2D eigenvalue weighted by molar-refractivity contribution is -0.0373. The fourth-order valence-electron chi connectivity index (χ4n) is 4.35. The van der Waals surface area contributed by atoms with Gasteiger partial charge in [0.25, 0.3) is 0 Å². The molecule has 0 aliphatic carbocycles. The van der Waals surface area contributed by atoms with E-state index in [1.165, 1.54) is 4.70 Å². The highest BCUT2D eigenvalue weighted by Gasteiger charge is 2.34. The number of piperidine rings is 1. The SMILES string of the molecule is O[C@H](COc1cccc2sccc12)CN1CCC(O)(c2cnc3ccccc3c2)CC1. The molecule has 31 heavy (non-hydrogen) atoms. The van der Waals surface area contributed by atoms with E-state index in [-0.39, 0.29) is 6.61 Å². The molecule has 160 valence electrons. The van der Waals surface area contributed by atoms with Gasteiger partial charge < -0.3 is 19.8 Å². The van der Waals surface area contributed by atoms with Crippen molar-refractivity contribution < 1.29 is 14.9 Å². The Kier molecular flexibility index (Phi) is 5.63. The third-order valence-electron chi connectivity index (χ3n) is 6.17. The highest BCUT2D eigenvalue weighted by molar-refractivity contribution is 7.17. The molecule has 0 unspecified atom stereocenters. The number of fused-ring (bicyclic) bond motifs is 2. The Morgan fingerprint density at radius 2 is 1.94 bits per heavy atom. The summed E-state index contributed by atoms with van der Waals surface area (Å²) in [6.45, 7) is 2.23. The summed E-state index contributed by atoms with van der Waals surface area (Å²) in [5.41, 5.74) is 0.941. The van der Waals surface area contributed by atoms with Crippen LogP contribution in [0.4, 0.5) is 0 Å². The molecule has 0 saturated carbocycles. The summed E-state index contributed by atoms with van der Waals surface area (Å²) in [4.78, 5) is 6.71. The first kappa shape index (κ1) is 20.4. The zero-order chi connectivity index (χ0) is 21.3. The standard InChI is InChI=1S/C25H26N2O3S/c28-20(17-30-23-6-3-7-24-21(23)8-13-31-24)16-27-11-9-25(29,10-12-27)19-14-18-4-1-2-5-22(18)26-15-19/h1-8,13-15,20,28-29H,9-12,16-17H2/t20-/m0/s1. The molecule has 2 aromatic carbocycles. The summed E-state index contributed by atoms with van der Waals surface area (Å²) in [5, 5.41) is 25.9. The Hall–Kier alpha value is -2.51. The monoisotopic (exact) mass is 434 g/mol. The third kappa shape index (κ3) is 4.29. The van der Waals surface area contributed by atoms with Crippen LogP contribution in [0.15, 0.2) is 66.2 Å². The van der Waals surface area contributed by atoms with Crippen LogP contribution in [0.5, 0.6) is 5.75 Å². The van der Waals surface area contributed by atoms with Gasteiger partial charge in [-0.05, 0) is 48.6 Å². The molecule has 1 aliphatic rings. The van der Waals surface area contributed by atoms with Crippen molar-refractivity contribution in [1.82, 2.24) is 9.88 Å². The molecule has 2 N–H and O–H groups in total. The topological polar surface area (TPSA) is 65.8 Å². The summed E-state index contributed by atoms with van der Waals surface area (Å²) >= 11 is 1.68. The lowest BCUT2D eigenvalue weighted by Crippen LogP contribution is -2.46. The Bertz CT molecular complexity index is 1180. The van der Waals surface area contributed by atoms with Crippen molar-refractivity contribution in [3.63, 3.8) is 0 Å². The van der Waals surface area contributed by atoms with Gasteiger partial charge in [0.1, 0.15) is 18.5 Å². The van der Waals surface area contributed by atoms with Crippen molar-refractivity contribution >= 4 is 32.3 Å². The summed E-state index contributed by atoms with van der Waals surface area (Å²) in [6.07, 6.45) is 2.46. The molecule has 5 nitrogen and oxygen atoms in total. The largest absolute Gasteiger partial charge is 0.490 e. The number of aromatic nitrogens is 1.